The van der Waals surface area contributed by atoms with Crippen LogP contribution in [0.25, 0.3) is 123 Å². The number of fused-ring (bicyclic) bond motifs is 6. The fraction of sp³-hybridized carbons (Fsp3) is 0.0303. The van der Waals surface area contributed by atoms with Crippen LogP contribution >= 0.6 is 0 Å². The zero-order chi connectivity index (χ0) is 48.3. The van der Waals surface area contributed by atoms with Gasteiger partial charge in [0.2, 0.25) is 0 Å². The van der Waals surface area contributed by atoms with E-state index < -0.39 is 0 Å². The maximum atomic E-state index is 11.1. The molecule has 0 aliphatic heterocycles. The molecule has 0 radical (unpaired) electrons. The van der Waals surface area contributed by atoms with E-state index in [0.717, 1.165) is 93.9 Å². The zero-order valence-electron chi connectivity index (χ0n) is 39.6. The molecule has 338 valence electrons. The van der Waals surface area contributed by atoms with E-state index in [-0.39, 0.29) is 0 Å². The summed E-state index contributed by atoms with van der Waals surface area (Å²) in [4.78, 5) is 15.4. The van der Waals surface area contributed by atoms with Gasteiger partial charge in [0.15, 0.2) is 17.5 Å². The summed E-state index contributed by atoms with van der Waals surface area (Å²) in [6.07, 6.45) is 0. The quantitative estimate of drug-likeness (QED) is 0.152. The fourth-order valence-corrected chi connectivity index (χ4v) is 10.5. The van der Waals surface area contributed by atoms with Crippen molar-refractivity contribution in [3.8, 4) is 85.0 Å². The lowest BCUT2D eigenvalue weighted by atomic mass is 9.95. The van der Waals surface area contributed by atoms with Gasteiger partial charge < -0.3 is 9.13 Å². The summed E-state index contributed by atoms with van der Waals surface area (Å²) < 4.78 is 4.68. The summed E-state index contributed by atoms with van der Waals surface area (Å²) in [5, 5.41) is 15.7. The van der Waals surface area contributed by atoms with Gasteiger partial charge in [-0.25, -0.2) is 15.0 Å². The van der Waals surface area contributed by atoms with Crippen molar-refractivity contribution in [3.05, 3.63) is 247 Å². The third-order valence-corrected chi connectivity index (χ3v) is 13.9. The molecule has 0 amide bonds. The molecular weight excluding hydrogens is 877 g/mol. The third kappa shape index (κ3) is 7.31. The van der Waals surface area contributed by atoms with E-state index in [1.54, 1.807) is 0 Å². The molecule has 3 aromatic heterocycles. The Balaban J connectivity index is 1.07. The standard InChI is InChI=1S/C66H44N6/c1-42-15-13-21-46(35-42)48-28-32-61-56(37-48)53-23-9-11-25-59(53)71(61)52-31-27-51(41-67)55(40-52)58-39-50(66-69-64(44-17-5-3-6-18-44)68-65(70-66)45-19-7-4-8-20-45)30-34-63(58)72-60-26-12-10-24-54(60)57-38-49(29-33-62(57)72)47-22-14-16-43(2)36-47/h3-40H,1-2H3. The Morgan fingerprint density at radius 1 is 0.333 bits per heavy atom. The minimum Gasteiger partial charge on any atom is -0.309 e. The predicted molar refractivity (Wildman–Crippen MR) is 295 cm³/mol. The molecule has 0 aliphatic carbocycles. The lowest BCUT2D eigenvalue weighted by Crippen LogP contribution is -2.03. The van der Waals surface area contributed by atoms with Gasteiger partial charge in [0.1, 0.15) is 0 Å². The first kappa shape index (κ1) is 42.4. The van der Waals surface area contributed by atoms with Crippen LogP contribution in [0.4, 0.5) is 0 Å². The van der Waals surface area contributed by atoms with E-state index in [0.29, 0.717) is 23.0 Å². The highest BCUT2D eigenvalue weighted by atomic mass is 15.0. The molecule has 6 nitrogen and oxygen atoms in total. The fourth-order valence-electron chi connectivity index (χ4n) is 10.5. The molecule has 0 saturated heterocycles. The Hall–Kier alpha value is -9.70. The van der Waals surface area contributed by atoms with E-state index in [2.05, 4.69) is 193 Å². The van der Waals surface area contributed by atoms with Crippen LogP contribution in [0.15, 0.2) is 231 Å². The number of benzene rings is 10. The number of hydrogen-bond acceptors (Lipinski definition) is 4. The molecule has 0 unspecified atom stereocenters. The third-order valence-electron chi connectivity index (χ3n) is 13.9. The van der Waals surface area contributed by atoms with Gasteiger partial charge in [0, 0.05) is 55.0 Å². The van der Waals surface area contributed by atoms with Crippen LogP contribution in [0.3, 0.4) is 0 Å². The SMILES string of the molecule is Cc1cccc(-c2ccc3c(c2)c2ccccc2n3-c2ccc(C#N)c(-c3cc(-c4nc(-c5ccccc5)nc(-c5ccccc5)n4)ccc3-n3c4ccccc4c4cc(-c5cccc(C)c5)ccc43)c2)c1. The van der Waals surface area contributed by atoms with Gasteiger partial charge in [-0.15, -0.1) is 0 Å². The minimum absolute atomic E-state index is 0.530. The smallest absolute Gasteiger partial charge is 0.164 e. The van der Waals surface area contributed by atoms with Crippen LogP contribution in [0.5, 0.6) is 0 Å². The molecule has 0 atom stereocenters. The van der Waals surface area contributed by atoms with Crippen molar-refractivity contribution < 1.29 is 0 Å². The second-order valence-electron chi connectivity index (χ2n) is 18.5. The van der Waals surface area contributed by atoms with Crippen LogP contribution in [0.1, 0.15) is 16.7 Å². The molecule has 6 heteroatoms. The van der Waals surface area contributed by atoms with Gasteiger partial charge in [0.05, 0.1) is 39.4 Å². The molecule has 0 aliphatic rings. The first-order valence-electron chi connectivity index (χ1n) is 24.2. The van der Waals surface area contributed by atoms with Crippen molar-refractivity contribution in [3.63, 3.8) is 0 Å². The van der Waals surface area contributed by atoms with Crippen LogP contribution < -0.4 is 0 Å². The Labute approximate surface area is 417 Å². The highest BCUT2D eigenvalue weighted by molar-refractivity contribution is 6.12. The first-order chi connectivity index (χ1) is 35.5. The van der Waals surface area contributed by atoms with Gasteiger partial charge in [-0.05, 0) is 109 Å². The molecule has 0 fully saturated rings. The summed E-state index contributed by atoms with van der Waals surface area (Å²) >= 11 is 0. The van der Waals surface area contributed by atoms with Crippen molar-refractivity contribution >= 4 is 43.6 Å². The van der Waals surface area contributed by atoms with Crippen molar-refractivity contribution in [1.82, 2.24) is 24.1 Å². The van der Waals surface area contributed by atoms with Crippen LogP contribution in [0, 0.1) is 25.2 Å². The highest BCUT2D eigenvalue weighted by Gasteiger charge is 2.22. The zero-order valence-corrected chi connectivity index (χ0v) is 39.6. The molecule has 0 bridgehead atoms. The molecule has 0 spiro atoms. The Morgan fingerprint density at radius 2 is 0.792 bits per heavy atom. The van der Waals surface area contributed by atoms with Crippen molar-refractivity contribution in [1.29, 1.82) is 5.26 Å². The maximum absolute atomic E-state index is 11.1. The van der Waals surface area contributed by atoms with Crippen molar-refractivity contribution in [2.24, 2.45) is 0 Å². The Morgan fingerprint density at radius 3 is 1.35 bits per heavy atom. The van der Waals surface area contributed by atoms with Gasteiger partial charge >= 0.3 is 0 Å². The van der Waals surface area contributed by atoms with Gasteiger partial charge in [-0.1, -0.05) is 169 Å². The van der Waals surface area contributed by atoms with Crippen LogP contribution in [-0.4, -0.2) is 24.1 Å². The van der Waals surface area contributed by atoms with E-state index in [1.165, 1.54) is 22.3 Å². The number of aromatic nitrogens is 5. The number of nitriles is 1. The maximum Gasteiger partial charge on any atom is 0.164 e. The largest absolute Gasteiger partial charge is 0.309 e. The van der Waals surface area contributed by atoms with Gasteiger partial charge in [-0.2, -0.15) is 5.26 Å². The van der Waals surface area contributed by atoms with Crippen LogP contribution in [0.2, 0.25) is 0 Å². The highest BCUT2D eigenvalue weighted by Crippen LogP contribution is 2.42. The summed E-state index contributed by atoms with van der Waals surface area (Å²) in [6.45, 7) is 4.27. The molecule has 13 rings (SSSR count). The lowest BCUT2D eigenvalue weighted by Gasteiger charge is -2.18. The van der Waals surface area contributed by atoms with E-state index in [4.69, 9.17) is 15.0 Å². The topological polar surface area (TPSA) is 72.3 Å². The van der Waals surface area contributed by atoms with Crippen molar-refractivity contribution in [2.75, 3.05) is 0 Å². The number of rotatable bonds is 8. The molecule has 13 aromatic rings. The number of nitrogens with zero attached hydrogens (tertiary/aromatic N) is 6. The molecule has 10 aromatic carbocycles. The summed E-state index contributed by atoms with van der Waals surface area (Å²) in [5.41, 5.74) is 18.0. The Kier molecular flexibility index (Phi) is 10.2. The summed E-state index contributed by atoms with van der Waals surface area (Å²) in [5.74, 6) is 1.68. The molecule has 0 saturated carbocycles. The number of hydrogen-bond donors (Lipinski definition) is 0. The minimum atomic E-state index is 0.530. The molecule has 3 heterocycles. The number of para-hydroxylation sites is 2. The van der Waals surface area contributed by atoms with Crippen LogP contribution in [-0.2, 0) is 0 Å². The number of aryl methyl sites for hydroxylation is 2. The van der Waals surface area contributed by atoms with Gasteiger partial charge in [-0.3, -0.25) is 0 Å². The van der Waals surface area contributed by atoms with Crippen molar-refractivity contribution in [2.45, 2.75) is 13.8 Å². The first-order valence-corrected chi connectivity index (χ1v) is 24.2. The van der Waals surface area contributed by atoms with E-state index in [1.807, 2.05) is 66.7 Å². The summed E-state index contributed by atoms with van der Waals surface area (Å²) in [7, 11) is 0. The monoisotopic (exact) mass is 920 g/mol. The molecular formula is C66H44N6. The van der Waals surface area contributed by atoms with Gasteiger partial charge in [0.25, 0.3) is 0 Å². The second-order valence-corrected chi connectivity index (χ2v) is 18.5. The normalized spacial score (nSPS) is 11.5. The van der Waals surface area contributed by atoms with E-state index in [9.17, 15) is 5.26 Å². The molecule has 72 heavy (non-hydrogen) atoms. The average Bonchev–Trinajstić information content (AvgIpc) is 3.95. The predicted octanol–water partition coefficient (Wildman–Crippen LogP) is 16.6. The van der Waals surface area contributed by atoms with E-state index >= 15 is 0 Å². The Bertz CT molecular complexity index is 4250. The summed E-state index contributed by atoms with van der Waals surface area (Å²) in [6, 6.07) is 83.4. The second kappa shape index (κ2) is 17.4. The molecule has 0 N–H and O–H groups in total. The average molecular weight is 921 g/mol. The lowest BCUT2D eigenvalue weighted by molar-refractivity contribution is 1.07.